The predicted octanol–water partition coefficient (Wildman–Crippen LogP) is 4.02. The minimum absolute atomic E-state index is 0.0848. The van der Waals surface area contributed by atoms with E-state index in [4.69, 9.17) is 23.2 Å². The molecule has 1 amide bonds. The number of nitrogens with one attached hydrogen (secondary N) is 1. The maximum absolute atomic E-state index is 12.2. The lowest BCUT2D eigenvalue weighted by molar-refractivity contribution is -0.120. The summed E-state index contributed by atoms with van der Waals surface area (Å²) in [6.07, 6.45) is 0.184. The SMILES string of the molecule is CN(C)[C@@H](CNC(=O)Cc1c(Cl)cccc1Cl)c1cccs1. The molecule has 0 aliphatic rings. The van der Waals surface area contributed by atoms with Crippen LogP contribution in [0.3, 0.4) is 0 Å². The van der Waals surface area contributed by atoms with E-state index in [1.54, 1.807) is 29.5 Å². The molecule has 3 nitrogen and oxygen atoms in total. The number of amides is 1. The molecule has 0 radical (unpaired) electrons. The number of rotatable bonds is 6. The summed E-state index contributed by atoms with van der Waals surface area (Å²) in [6, 6.07) is 9.50. The van der Waals surface area contributed by atoms with Crippen LogP contribution in [0.5, 0.6) is 0 Å². The Hall–Kier alpha value is -1.07. The van der Waals surface area contributed by atoms with Gasteiger partial charge in [-0.3, -0.25) is 4.79 Å². The maximum Gasteiger partial charge on any atom is 0.224 e. The van der Waals surface area contributed by atoms with Crippen molar-refractivity contribution in [2.75, 3.05) is 20.6 Å². The quantitative estimate of drug-likeness (QED) is 0.847. The third-order valence-electron chi connectivity index (χ3n) is 3.39. The van der Waals surface area contributed by atoms with E-state index in [0.29, 0.717) is 22.2 Å². The lowest BCUT2D eigenvalue weighted by Crippen LogP contribution is -2.35. The summed E-state index contributed by atoms with van der Waals surface area (Å²) in [5.41, 5.74) is 0.667. The van der Waals surface area contributed by atoms with Crippen LogP contribution in [0.2, 0.25) is 10.0 Å². The number of likely N-dealkylation sites (N-methyl/N-ethyl adjacent to an activating group) is 1. The third-order valence-corrected chi connectivity index (χ3v) is 5.07. The van der Waals surface area contributed by atoms with E-state index >= 15 is 0 Å². The first-order valence-electron chi connectivity index (χ1n) is 6.88. The Morgan fingerprint density at radius 2 is 1.91 bits per heavy atom. The van der Waals surface area contributed by atoms with Crippen molar-refractivity contribution >= 4 is 40.4 Å². The largest absolute Gasteiger partial charge is 0.354 e. The summed E-state index contributed by atoms with van der Waals surface area (Å²) in [5, 5.41) is 6.04. The molecule has 0 spiro atoms. The van der Waals surface area contributed by atoms with Crippen molar-refractivity contribution in [3.05, 3.63) is 56.2 Å². The molecule has 2 aromatic rings. The Balaban J connectivity index is 1.97. The van der Waals surface area contributed by atoms with Gasteiger partial charge in [-0.1, -0.05) is 35.3 Å². The van der Waals surface area contributed by atoms with Gasteiger partial charge in [0.05, 0.1) is 12.5 Å². The van der Waals surface area contributed by atoms with Gasteiger partial charge in [-0.15, -0.1) is 11.3 Å². The van der Waals surface area contributed by atoms with Crippen LogP contribution in [0.15, 0.2) is 35.7 Å². The molecular weight excluding hydrogens is 339 g/mol. The van der Waals surface area contributed by atoms with Gasteiger partial charge in [-0.25, -0.2) is 0 Å². The summed E-state index contributed by atoms with van der Waals surface area (Å²) in [6.45, 7) is 0.550. The molecule has 0 fully saturated rings. The molecule has 6 heteroatoms. The van der Waals surface area contributed by atoms with Crippen LogP contribution >= 0.6 is 34.5 Å². The van der Waals surface area contributed by atoms with E-state index in [0.717, 1.165) is 0 Å². The van der Waals surface area contributed by atoms with Crippen molar-refractivity contribution in [2.45, 2.75) is 12.5 Å². The van der Waals surface area contributed by atoms with Gasteiger partial charge in [0.1, 0.15) is 0 Å². The first-order valence-corrected chi connectivity index (χ1v) is 8.52. The molecule has 0 saturated carbocycles. The lowest BCUT2D eigenvalue weighted by atomic mass is 10.1. The number of hydrogen-bond acceptors (Lipinski definition) is 3. The van der Waals surface area contributed by atoms with E-state index < -0.39 is 0 Å². The number of hydrogen-bond donors (Lipinski definition) is 1. The van der Waals surface area contributed by atoms with E-state index in [9.17, 15) is 4.79 Å². The lowest BCUT2D eigenvalue weighted by Gasteiger charge is -2.23. The van der Waals surface area contributed by atoms with Crippen LogP contribution in [-0.4, -0.2) is 31.4 Å². The standard InChI is InChI=1S/C16H18Cl2N2OS/c1-20(2)14(15-7-4-8-22-15)10-19-16(21)9-11-12(17)5-3-6-13(11)18/h3-8,14H,9-10H2,1-2H3,(H,19,21)/t14-/m0/s1. The maximum atomic E-state index is 12.2. The molecule has 0 aliphatic carbocycles. The van der Waals surface area contributed by atoms with Crippen molar-refractivity contribution in [3.63, 3.8) is 0 Å². The summed E-state index contributed by atoms with van der Waals surface area (Å²) in [5.74, 6) is -0.0848. The van der Waals surface area contributed by atoms with Crippen LogP contribution < -0.4 is 5.32 Å². The third kappa shape index (κ3) is 4.46. The molecule has 22 heavy (non-hydrogen) atoms. The Morgan fingerprint density at radius 1 is 1.23 bits per heavy atom. The number of halogens is 2. The Morgan fingerprint density at radius 3 is 2.45 bits per heavy atom. The minimum atomic E-state index is -0.0848. The molecule has 0 bridgehead atoms. The molecule has 1 aromatic carbocycles. The second-order valence-corrected chi connectivity index (χ2v) is 6.97. The summed E-state index contributed by atoms with van der Waals surface area (Å²) < 4.78 is 0. The topological polar surface area (TPSA) is 32.3 Å². The van der Waals surface area contributed by atoms with Gasteiger partial charge in [0.25, 0.3) is 0 Å². The van der Waals surface area contributed by atoms with Gasteiger partial charge in [-0.05, 0) is 43.2 Å². The van der Waals surface area contributed by atoms with Crippen molar-refractivity contribution in [3.8, 4) is 0 Å². The molecule has 0 unspecified atom stereocenters. The van der Waals surface area contributed by atoms with Crippen LogP contribution in [0.4, 0.5) is 0 Å². The second-order valence-electron chi connectivity index (χ2n) is 5.18. The van der Waals surface area contributed by atoms with Crippen LogP contribution in [-0.2, 0) is 11.2 Å². The molecule has 0 aliphatic heterocycles. The van der Waals surface area contributed by atoms with Gasteiger partial charge in [0.15, 0.2) is 0 Å². The van der Waals surface area contributed by atoms with Crippen LogP contribution in [0.25, 0.3) is 0 Å². The van der Waals surface area contributed by atoms with Gasteiger partial charge < -0.3 is 10.2 Å². The first-order chi connectivity index (χ1) is 10.5. The number of nitrogens with zero attached hydrogens (tertiary/aromatic N) is 1. The fourth-order valence-corrected chi connectivity index (χ4v) is 3.61. The Labute approximate surface area is 144 Å². The number of benzene rings is 1. The van der Waals surface area contributed by atoms with Crippen molar-refractivity contribution < 1.29 is 4.79 Å². The average molecular weight is 357 g/mol. The first kappa shape index (κ1) is 17.3. The number of thiophene rings is 1. The highest BCUT2D eigenvalue weighted by atomic mass is 35.5. The highest BCUT2D eigenvalue weighted by Gasteiger charge is 2.17. The zero-order valence-corrected chi connectivity index (χ0v) is 14.8. The molecule has 1 heterocycles. The smallest absolute Gasteiger partial charge is 0.224 e. The monoisotopic (exact) mass is 356 g/mol. The summed E-state index contributed by atoms with van der Waals surface area (Å²) >= 11 is 13.9. The molecule has 1 atom stereocenters. The fraction of sp³-hybridized carbons (Fsp3) is 0.312. The van der Waals surface area contributed by atoms with E-state index in [2.05, 4.69) is 16.3 Å². The van der Waals surface area contributed by atoms with Gasteiger partial charge >= 0.3 is 0 Å². The van der Waals surface area contributed by atoms with Crippen LogP contribution in [0, 0.1) is 0 Å². The predicted molar refractivity (Wildman–Crippen MR) is 93.9 cm³/mol. The van der Waals surface area contributed by atoms with Gasteiger partial charge in [-0.2, -0.15) is 0 Å². The highest BCUT2D eigenvalue weighted by Crippen LogP contribution is 2.25. The normalized spacial score (nSPS) is 12.4. The Kier molecular flexibility index (Phi) is 6.26. The van der Waals surface area contributed by atoms with Crippen molar-refractivity contribution in [1.29, 1.82) is 0 Å². The van der Waals surface area contributed by atoms with Crippen molar-refractivity contribution in [1.82, 2.24) is 10.2 Å². The number of carbonyl (C=O) groups is 1. The summed E-state index contributed by atoms with van der Waals surface area (Å²) in [7, 11) is 4.00. The minimum Gasteiger partial charge on any atom is -0.354 e. The van der Waals surface area contributed by atoms with Crippen molar-refractivity contribution in [2.24, 2.45) is 0 Å². The second kappa shape index (κ2) is 7.97. The summed E-state index contributed by atoms with van der Waals surface area (Å²) in [4.78, 5) is 15.5. The molecule has 1 N–H and O–H groups in total. The van der Waals surface area contributed by atoms with E-state index in [-0.39, 0.29) is 18.4 Å². The fourth-order valence-electron chi connectivity index (χ4n) is 2.15. The molecule has 1 aromatic heterocycles. The van der Waals surface area contributed by atoms with Gasteiger partial charge in [0.2, 0.25) is 5.91 Å². The molecule has 0 saturated heterocycles. The molecular formula is C16H18Cl2N2OS. The average Bonchev–Trinajstić information content (AvgIpc) is 2.97. The zero-order valence-electron chi connectivity index (χ0n) is 12.5. The highest BCUT2D eigenvalue weighted by molar-refractivity contribution is 7.10. The molecule has 118 valence electrons. The number of carbonyl (C=O) groups excluding carboxylic acids is 1. The van der Waals surface area contributed by atoms with E-state index in [1.807, 2.05) is 25.5 Å². The molecule has 2 rings (SSSR count). The van der Waals surface area contributed by atoms with Gasteiger partial charge in [0, 0.05) is 21.5 Å². The Bertz CT molecular complexity index is 609. The van der Waals surface area contributed by atoms with E-state index in [1.165, 1.54) is 4.88 Å². The zero-order chi connectivity index (χ0) is 16.1. The van der Waals surface area contributed by atoms with Crippen LogP contribution in [0.1, 0.15) is 16.5 Å².